The quantitative estimate of drug-likeness (QED) is 0.165. The second kappa shape index (κ2) is 19.7. The summed E-state index contributed by atoms with van der Waals surface area (Å²) in [7, 11) is 0. The van der Waals surface area contributed by atoms with E-state index in [-0.39, 0.29) is 0 Å². The molecule has 0 aromatic heterocycles. The molecule has 0 aliphatic carbocycles. The number of hydrogen-bond acceptors (Lipinski definition) is 4. The van der Waals surface area contributed by atoms with Gasteiger partial charge >= 0.3 is 11.9 Å². The van der Waals surface area contributed by atoms with Crippen molar-refractivity contribution in [1.29, 1.82) is 0 Å². The highest BCUT2D eigenvalue weighted by Crippen LogP contribution is 2.15. The smallest absolute Gasteiger partial charge is 0.320 e. The lowest BCUT2D eigenvalue weighted by atomic mass is 10.00. The molecule has 0 aliphatic heterocycles. The van der Waals surface area contributed by atoms with Gasteiger partial charge in [0.1, 0.15) is 0 Å². The van der Waals surface area contributed by atoms with Crippen LogP contribution in [0.2, 0.25) is 0 Å². The first-order valence-corrected chi connectivity index (χ1v) is 11.2. The van der Waals surface area contributed by atoms with Gasteiger partial charge in [-0.25, -0.2) is 0 Å². The molecule has 1 atom stereocenters. The molecule has 1 unspecified atom stereocenters. The predicted octanol–water partition coefficient (Wildman–Crippen LogP) is 5.45. The maximum atomic E-state index is 12.0. The minimum absolute atomic E-state index is 0.346. The monoisotopic (exact) mass is 385 g/mol. The molecule has 0 heterocycles. The maximum absolute atomic E-state index is 12.0. The van der Waals surface area contributed by atoms with Crippen molar-refractivity contribution in [3.05, 3.63) is 0 Å². The number of carbonyl (C=O) groups excluding carboxylic acids is 1. The van der Waals surface area contributed by atoms with Gasteiger partial charge in [0.25, 0.3) is 0 Å². The summed E-state index contributed by atoms with van der Waals surface area (Å²) in [5.41, 5.74) is 5.46. The third-order valence-corrected chi connectivity index (χ3v) is 5.02. The van der Waals surface area contributed by atoms with E-state index in [0.717, 1.165) is 57.9 Å². The first kappa shape index (κ1) is 25.9. The van der Waals surface area contributed by atoms with Gasteiger partial charge in [0, 0.05) is 0 Å². The summed E-state index contributed by atoms with van der Waals surface area (Å²) in [6, 6.07) is 0. The van der Waals surface area contributed by atoms with E-state index in [2.05, 4.69) is 6.92 Å². The van der Waals surface area contributed by atoms with Crippen molar-refractivity contribution < 1.29 is 19.4 Å². The van der Waals surface area contributed by atoms with E-state index in [0.29, 0.717) is 13.0 Å². The molecule has 0 bridgehead atoms. The fraction of sp³-hybridized carbons (Fsp3) is 0.909. The van der Waals surface area contributed by atoms with Crippen LogP contribution in [0, 0.1) is 5.92 Å². The first-order chi connectivity index (χ1) is 13.1. The van der Waals surface area contributed by atoms with Crippen LogP contribution in [0.3, 0.4) is 0 Å². The van der Waals surface area contributed by atoms with Crippen molar-refractivity contribution in [2.45, 2.75) is 110 Å². The number of aliphatic carboxylic acids is 1. The molecule has 5 nitrogen and oxygen atoms in total. The van der Waals surface area contributed by atoms with Gasteiger partial charge < -0.3 is 15.6 Å². The predicted molar refractivity (Wildman–Crippen MR) is 111 cm³/mol. The lowest BCUT2D eigenvalue weighted by molar-refractivity contribution is -0.159. The maximum Gasteiger partial charge on any atom is 0.320 e. The summed E-state index contributed by atoms with van der Waals surface area (Å²) in [6.45, 7) is 3.31. The Kier molecular flexibility index (Phi) is 18.9. The van der Waals surface area contributed by atoms with Crippen molar-refractivity contribution >= 4 is 11.9 Å². The standard InChI is InChI=1S/C22H43NO4/c1-2-3-4-5-6-10-13-16-19-27-22(26)20(21(24)25)17-14-11-8-7-9-12-15-18-23/h20H,2-19,23H2,1H3,(H,24,25). The van der Waals surface area contributed by atoms with E-state index < -0.39 is 17.9 Å². The van der Waals surface area contributed by atoms with Crippen LogP contribution in [0.25, 0.3) is 0 Å². The van der Waals surface area contributed by atoms with Crippen molar-refractivity contribution in [3.8, 4) is 0 Å². The molecule has 0 aromatic carbocycles. The Morgan fingerprint density at radius 1 is 0.778 bits per heavy atom. The topological polar surface area (TPSA) is 89.6 Å². The van der Waals surface area contributed by atoms with Crippen LogP contribution in [0.4, 0.5) is 0 Å². The first-order valence-electron chi connectivity index (χ1n) is 11.2. The van der Waals surface area contributed by atoms with Crippen LogP contribution in [0.15, 0.2) is 0 Å². The number of carboxylic acids is 1. The lowest BCUT2D eigenvalue weighted by Crippen LogP contribution is -2.26. The molecule has 27 heavy (non-hydrogen) atoms. The molecule has 3 N–H and O–H groups in total. The number of unbranched alkanes of at least 4 members (excludes halogenated alkanes) is 13. The van der Waals surface area contributed by atoms with Gasteiger partial charge in [-0.3, -0.25) is 9.59 Å². The normalized spacial score (nSPS) is 12.1. The lowest BCUT2D eigenvalue weighted by Gasteiger charge is -2.12. The summed E-state index contributed by atoms with van der Waals surface area (Å²) in [4.78, 5) is 23.3. The number of rotatable bonds is 20. The molecule has 160 valence electrons. The van der Waals surface area contributed by atoms with Crippen LogP contribution in [-0.2, 0) is 14.3 Å². The number of hydrogen-bond donors (Lipinski definition) is 2. The number of nitrogens with two attached hydrogens (primary N) is 1. The molecule has 5 heteroatoms. The summed E-state index contributed by atoms with van der Waals surface area (Å²) in [6.07, 6.45) is 17.2. The number of carboxylic acid groups (broad SMARTS) is 1. The summed E-state index contributed by atoms with van der Waals surface area (Å²) in [5, 5.41) is 9.27. The second-order valence-corrected chi connectivity index (χ2v) is 7.59. The van der Waals surface area contributed by atoms with Gasteiger partial charge in [-0.1, -0.05) is 90.4 Å². The van der Waals surface area contributed by atoms with Crippen LogP contribution in [0.5, 0.6) is 0 Å². The van der Waals surface area contributed by atoms with Crippen molar-refractivity contribution in [2.75, 3.05) is 13.2 Å². The molecule has 0 rings (SSSR count). The molecule has 0 radical (unpaired) electrons. The minimum Gasteiger partial charge on any atom is -0.481 e. The summed E-state index contributed by atoms with van der Waals surface area (Å²) >= 11 is 0. The molecule has 0 spiro atoms. The third-order valence-electron chi connectivity index (χ3n) is 5.02. The number of esters is 1. The molecular weight excluding hydrogens is 342 g/mol. The van der Waals surface area contributed by atoms with E-state index in [4.69, 9.17) is 10.5 Å². The molecule has 0 fully saturated rings. The molecule has 0 amide bonds. The van der Waals surface area contributed by atoms with Gasteiger partial charge in [-0.2, -0.15) is 0 Å². The molecule has 0 saturated carbocycles. The van der Waals surface area contributed by atoms with Crippen LogP contribution in [0.1, 0.15) is 110 Å². The molecule has 0 aromatic rings. The highest BCUT2D eigenvalue weighted by molar-refractivity contribution is 5.93. The average molecular weight is 386 g/mol. The van der Waals surface area contributed by atoms with Gasteiger partial charge in [0.2, 0.25) is 0 Å². The van der Waals surface area contributed by atoms with E-state index in [1.54, 1.807) is 0 Å². The number of ether oxygens (including phenoxy) is 1. The van der Waals surface area contributed by atoms with Gasteiger partial charge in [-0.15, -0.1) is 0 Å². The van der Waals surface area contributed by atoms with Gasteiger partial charge in [-0.05, 0) is 25.8 Å². The Morgan fingerprint density at radius 2 is 1.26 bits per heavy atom. The molecular formula is C22H43NO4. The van der Waals surface area contributed by atoms with Crippen LogP contribution in [-0.4, -0.2) is 30.2 Å². The Bertz CT molecular complexity index is 360. The van der Waals surface area contributed by atoms with Crippen LogP contribution < -0.4 is 5.73 Å². The highest BCUT2D eigenvalue weighted by atomic mass is 16.5. The second-order valence-electron chi connectivity index (χ2n) is 7.59. The van der Waals surface area contributed by atoms with E-state index >= 15 is 0 Å². The van der Waals surface area contributed by atoms with E-state index in [1.807, 2.05) is 0 Å². The fourth-order valence-corrected chi connectivity index (χ4v) is 3.23. The van der Waals surface area contributed by atoms with Crippen LogP contribution >= 0.6 is 0 Å². The van der Waals surface area contributed by atoms with E-state index in [1.165, 1.54) is 44.9 Å². The Hall–Kier alpha value is -1.10. The zero-order valence-electron chi connectivity index (χ0n) is 17.6. The summed E-state index contributed by atoms with van der Waals surface area (Å²) < 4.78 is 5.20. The van der Waals surface area contributed by atoms with Gasteiger partial charge in [0.15, 0.2) is 5.92 Å². The Morgan fingerprint density at radius 3 is 1.78 bits per heavy atom. The van der Waals surface area contributed by atoms with Gasteiger partial charge in [0.05, 0.1) is 6.61 Å². The average Bonchev–Trinajstić information content (AvgIpc) is 2.65. The molecule has 0 aliphatic rings. The zero-order chi connectivity index (χ0) is 20.2. The number of carbonyl (C=O) groups is 2. The Labute approximate surface area is 166 Å². The zero-order valence-corrected chi connectivity index (χ0v) is 17.6. The summed E-state index contributed by atoms with van der Waals surface area (Å²) in [5.74, 6) is -2.62. The van der Waals surface area contributed by atoms with Crippen molar-refractivity contribution in [1.82, 2.24) is 0 Å². The third kappa shape index (κ3) is 16.8. The van der Waals surface area contributed by atoms with Crippen molar-refractivity contribution in [3.63, 3.8) is 0 Å². The largest absolute Gasteiger partial charge is 0.481 e. The fourth-order valence-electron chi connectivity index (χ4n) is 3.23. The SMILES string of the molecule is CCCCCCCCCCOC(=O)C(CCCCCCCCCN)C(=O)O. The van der Waals surface area contributed by atoms with Crippen molar-refractivity contribution in [2.24, 2.45) is 11.7 Å². The minimum atomic E-state index is -1.06. The highest BCUT2D eigenvalue weighted by Gasteiger charge is 2.27. The Balaban J connectivity index is 3.69. The van der Waals surface area contributed by atoms with E-state index in [9.17, 15) is 14.7 Å². The molecule has 0 saturated heterocycles.